The number of phenolic OH excluding ortho intramolecular Hbond substituents is 1. The average molecular weight is 554 g/mol. The van der Waals surface area contributed by atoms with Gasteiger partial charge in [-0.1, -0.05) is 19.1 Å². The van der Waals surface area contributed by atoms with Gasteiger partial charge in [-0.2, -0.15) is 0 Å². The topological polar surface area (TPSA) is 163 Å². The number of phenols is 1. The summed E-state index contributed by atoms with van der Waals surface area (Å²) in [6.45, 7) is 3.49. The summed E-state index contributed by atoms with van der Waals surface area (Å²) in [4.78, 5) is 12.8. The molecule has 1 aromatic carbocycles. The van der Waals surface area contributed by atoms with E-state index in [1.165, 1.54) is 50.4 Å². The summed E-state index contributed by atoms with van der Waals surface area (Å²) in [5.74, 6) is 0.0342. The third kappa shape index (κ3) is 5.54. The van der Waals surface area contributed by atoms with Gasteiger partial charge in [0.15, 0.2) is 11.5 Å². The Morgan fingerprint density at radius 2 is 1.92 bits per heavy atom. The van der Waals surface area contributed by atoms with E-state index >= 15 is 0 Å². The molecule has 4 aromatic rings. The number of nitrogens with zero attached hydrogens (tertiary/aromatic N) is 6. The van der Waals surface area contributed by atoms with Crippen molar-refractivity contribution in [1.29, 1.82) is 0 Å². The second-order valence-electron chi connectivity index (χ2n) is 8.26. The molecule has 0 amide bonds. The largest absolute Gasteiger partial charge is 0.506 e. The first-order valence-electron chi connectivity index (χ1n) is 11.7. The van der Waals surface area contributed by atoms with Gasteiger partial charge in [-0.25, -0.2) is 13.4 Å². The molecular formula is C25H27N7O6S. The zero-order valence-electron chi connectivity index (χ0n) is 21.9. The number of benzene rings is 1. The van der Waals surface area contributed by atoms with E-state index in [0.717, 1.165) is 0 Å². The molecule has 0 radical (unpaired) electrons. The smallest absolute Gasteiger partial charge is 0.243 e. The highest BCUT2D eigenvalue weighted by Gasteiger charge is 2.36. The number of hydrogen-bond donors (Lipinski definition) is 2. The third-order valence-electron chi connectivity index (χ3n) is 5.83. The van der Waals surface area contributed by atoms with Crippen molar-refractivity contribution < 1.29 is 27.7 Å². The molecule has 39 heavy (non-hydrogen) atoms. The zero-order valence-corrected chi connectivity index (χ0v) is 22.7. The van der Waals surface area contributed by atoms with Crippen LogP contribution in [0.2, 0.25) is 0 Å². The summed E-state index contributed by atoms with van der Waals surface area (Å²) in [6.07, 6.45) is 2.26. The molecule has 3 heterocycles. The second-order valence-corrected chi connectivity index (χ2v) is 10.2. The van der Waals surface area contributed by atoms with E-state index in [4.69, 9.17) is 14.2 Å². The SMILES string of the molecule is CC[C@H]([C@@H](OC)c1cnc(C)cn1)S(=O)(=O)Nc1nnc(-c2c#ccc(OC)n2)n1-c1c(O)cccc1OC. The van der Waals surface area contributed by atoms with Crippen LogP contribution in [0.1, 0.15) is 30.8 Å². The maximum Gasteiger partial charge on any atom is 0.243 e. The van der Waals surface area contributed by atoms with E-state index in [-0.39, 0.29) is 47.0 Å². The standard InChI is InChI=1S/C25H27N7O6S/c1-6-20(23(38-5)17-14-26-15(2)13-27-17)39(34,35)31-25-30-29-24(16-9-7-12-21(28-16)37-4)32(25)22-18(33)10-8-11-19(22)36-3/h8,10-14,20,23,33H,6H2,1-5H3,(H,30,31)/t20-,23+/m1/s1. The molecule has 4 rings (SSSR count). The Kier molecular flexibility index (Phi) is 8.12. The first-order valence-corrected chi connectivity index (χ1v) is 13.3. The fourth-order valence-electron chi connectivity index (χ4n) is 3.97. The predicted molar refractivity (Wildman–Crippen MR) is 140 cm³/mol. The Morgan fingerprint density at radius 1 is 1.13 bits per heavy atom. The van der Waals surface area contributed by atoms with Crippen molar-refractivity contribution in [2.45, 2.75) is 31.6 Å². The van der Waals surface area contributed by atoms with Gasteiger partial charge < -0.3 is 19.3 Å². The molecule has 0 saturated heterocycles. The number of rotatable bonds is 11. The van der Waals surface area contributed by atoms with Crippen LogP contribution in [0.15, 0.2) is 36.7 Å². The number of aromatic nitrogens is 6. The molecule has 204 valence electrons. The lowest BCUT2D eigenvalue weighted by Crippen LogP contribution is -2.35. The average Bonchev–Trinajstić information content (AvgIpc) is 3.33. The highest BCUT2D eigenvalue weighted by atomic mass is 32.2. The number of aryl methyl sites for hydroxylation is 1. The number of hydrogen-bond acceptors (Lipinski definition) is 11. The van der Waals surface area contributed by atoms with Gasteiger partial charge in [0.05, 0.1) is 37.9 Å². The highest BCUT2D eigenvalue weighted by molar-refractivity contribution is 7.93. The number of methoxy groups -OCH3 is 3. The number of aromatic hydroxyl groups is 1. The normalized spacial score (nSPS) is 12.8. The van der Waals surface area contributed by atoms with E-state index in [0.29, 0.717) is 11.4 Å². The van der Waals surface area contributed by atoms with Gasteiger partial charge in [0, 0.05) is 13.3 Å². The maximum atomic E-state index is 13.8. The molecule has 0 saturated carbocycles. The predicted octanol–water partition coefficient (Wildman–Crippen LogP) is 2.66. The fourth-order valence-corrected chi connectivity index (χ4v) is 5.53. The van der Waals surface area contributed by atoms with Crippen molar-refractivity contribution >= 4 is 16.0 Å². The monoisotopic (exact) mass is 553 g/mol. The lowest BCUT2D eigenvalue weighted by atomic mass is 10.1. The van der Waals surface area contributed by atoms with Gasteiger partial charge >= 0.3 is 0 Å². The van der Waals surface area contributed by atoms with E-state index < -0.39 is 21.4 Å². The third-order valence-corrected chi connectivity index (χ3v) is 7.68. The number of sulfonamides is 1. The number of ether oxygens (including phenoxy) is 3. The molecular weight excluding hydrogens is 526 g/mol. The molecule has 0 bridgehead atoms. The Morgan fingerprint density at radius 3 is 2.56 bits per heavy atom. The van der Waals surface area contributed by atoms with Crippen LogP contribution in [0, 0.1) is 19.1 Å². The van der Waals surface area contributed by atoms with Crippen molar-refractivity contribution in [3.05, 3.63) is 60.2 Å². The van der Waals surface area contributed by atoms with Gasteiger partial charge in [-0.3, -0.25) is 19.3 Å². The van der Waals surface area contributed by atoms with Crippen LogP contribution >= 0.6 is 0 Å². The van der Waals surface area contributed by atoms with Crippen molar-refractivity contribution in [2.24, 2.45) is 0 Å². The van der Waals surface area contributed by atoms with Crippen molar-refractivity contribution in [1.82, 2.24) is 29.7 Å². The van der Waals surface area contributed by atoms with Crippen LogP contribution in [0.25, 0.3) is 17.2 Å². The van der Waals surface area contributed by atoms with Crippen LogP contribution in [0.5, 0.6) is 17.4 Å². The molecule has 2 atom stereocenters. The summed E-state index contributed by atoms with van der Waals surface area (Å²) < 4.78 is 47.5. The zero-order chi connectivity index (χ0) is 28.2. The molecule has 14 heteroatoms. The van der Waals surface area contributed by atoms with Crippen molar-refractivity contribution in [3.8, 4) is 34.6 Å². The first kappa shape index (κ1) is 27.6. The van der Waals surface area contributed by atoms with E-state index in [1.54, 1.807) is 26.0 Å². The molecule has 0 aliphatic heterocycles. The number of anilines is 1. The number of nitrogens with one attached hydrogen (secondary N) is 1. The van der Waals surface area contributed by atoms with E-state index in [2.05, 4.69) is 42.0 Å². The summed E-state index contributed by atoms with van der Waals surface area (Å²) in [7, 11) is 0.0579. The molecule has 0 aliphatic carbocycles. The van der Waals surface area contributed by atoms with Gasteiger partial charge in [0.2, 0.25) is 21.9 Å². The minimum absolute atomic E-state index is 0.0448. The summed E-state index contributed by atoms with van der Waals surface area (Å²) in [5.41, 5.74) is 1.25. The van der Waals surface area contributed by atoms with E-state index in [9.17, 15) is 13.5 Å². The van der Waals surface area contributed by atoms with Gasteiger partial charge in [-0.15, -0.1) is 10.2 Å². The van der Waals surface area contributed by atoms with Crippen LogP contribution in [-0.4, -0.2) is 69.8 Å². The van der Waals surface area contributed by atoms with Crippen LogP contribution in [-0.2, 0) is 14.8 Å². The molecule has 3 aromatic heterocycles. The van der Waals surface area contributed by atoms with Gasteiger partial charge in [0.1, 0.15) is 28.5 Å². The highest BCUT2D eigenvalue weighted by Crippen LogP contribution is 2.37. The molecule has 13 nitrogen and oxygen atoms in total. The molecule has 0 unspecified atom stereocenters. The number of para-hydroxylation sites is 1. The minimum atomic E-state index is -4.19. The molecule has 0 fully saturated rings. The van der Waals surface area contributed by atoms with Crippen LogP contribution < -0.4 is 14.2 Å². The maximum absolute atomic E-state index is 13.8. The summed E-state index contributed by atoms with van der Waals surface area (Å²) >= 11 is 0. The van der Waals surface area contributed by atoms with Gasteiger partial charge in [0.25, 0.3) is 0 Å². The minimum Gasteiger partial charge on any atom is -0.506 e. The molecule has 0 aliphatic rings. The van der Waals surface area contributed by atoms with Crippen molar-refractivity contribution in [3.63, 3.8) is 0 Å². The van der Waals surface area contributed by atoms with Crippen LogP contribution in [0.3, 0.4) is 0 Å². The summed E-state index contributed by atoms with van der Waals surface area (Å²) in [6, 6.07) is 11.7. The molecule has 0 spiro atoms. The Balaban J connectivity index is 1.85. The Labute approximate surface area is 225 Å². The lowest BCUT2D eigenvalue weighted by Gasteiger charge is -2.25. The second kappa shape index (κ2) is 11.5. The quantitative estimate of drug-likeness (QED) is 0.281. The van der Waals surface area contributed by atoms with Crippen molar-refractivity contribution in [2.75, 3.05) is 26.1 Å². The van der Waals surface area contributed by atoms with Crippen LogP contribution in [0.4, 0.5) is 5.95 Å². The Bertz CT molecular complexity index is 1540. The first-order chi connectivity index (χ1) is 18.7. The van der Waals surface area contributed by atoms with Gasteiger partial charge in [-0.05, 0) is 31.5 Å². The fraction of sp³-hybridized carbons (Fsp3) is 0.320. The summed E-state index contributed by atoms with van der Waals surface area (Å²) in [5, 5.41) is 18.0. The molecule has 2 N–H and O–H groups in total. The lowest BCUT2D eigenvalue weighted by molar-refractivity contribution is 0.0937. The Hall–Kier alpha value is -4.48. The van der Waals surface area contributed by atoms with E-state index in [1.807, 2.05) is 0 Å².